The summed E-state index contributed by atoms with van der Waals surface area (Å²) >= 11 is 0. The zero-order valence-corrected chi connectivity index (χ0v) is 23.9. The van der Waals surface area contributed by atoms with Crippen LogP contribution in [0.4, 0.5) is 0 Å². The summed E-state index contributed by atoms with van der Waals surface area (Å²) in [5.74, 6) is 0. The van der Waals surface area contributed by atoms with E-state index in [4.69, 9.17) is 28.4 Å². The van der Waals surface area contributed by atoms with Gasteiger partial charge in [-0.1, -0.05) is 45.4 Å². The van der Waals surface area contributed by atoms with Gasteiger partial charge in [-0.05, 0) is 13.3 Å². The van der Waals surface area contributed by atoms with Crippen molar-refractivity contribution in [1.29, 1.82) is 0 Å². The number of rotatable bonds is 15. The van der Waals surface area contributed by atoms with Crippen LogP contribution in [-0.2, 0) is 28.4 Å². The Morgan fingerprint density at radius 2 is 1.27 bits per heavy atom. The van der Waals surface area contributed by atoms with Gasteiger partial charge in [-0.3, -0.25) is 0 Å². The normalized spacial score (nSPS) is 43.8. The molecule has 0 saturated carbocycles. The van der Waals surface area contributed by atoms with Crippen LogP contribution in [0.15, 0.2) is 0 Å². The molecule has 14 nitrogen and oxygen atoms in total. The molecule has 0 bridgehead atoms. The molecule has 0 aromatic heterocycles. The molecule has 0 radical (unpaired) electrons. The number of aliphatic hydroxyl groups is 8. The molecule has 0 unspecified atom stereocenters. The van der Waals surface area contributed by atoms with E-state index in [-0.39, 0.29) is 13.0 Å². The Bertz CT molecular complexity index is 732. The predicted octanol–water partition coefficient (Wildman–Crippen LogP) is -1.74. The molecular formula is C27H50O14. The van der Waals surface area contributed by atoms with E-state index < -0.39 is 99.2 Å². The van der Waals surface area contributed by atoms with Gasteiger partial charge in [0.05, 0.1) is 25.4 Å². The highest BCUT2D eigenvalue weighted by Crippen LogP contribution is 2.33. The SMILES string of the molecule is CCCCCCCCCO[C@@H]1O[C@H](CO)[C@H](O)[C@H](O[C@@H]2C[C@@H](O)[C@@H](O)[C@@H](CO)O2)[C@H]1O[C@@H]1O[C@@H](C)[C@@H](O)[C@@H](O)[C@@H]1O. The van der Waals surface area contributed by atoms with Crippen molar-refractivity contribution in [2.24, 2.45) is 0 Å². The van der Waals surface area contributed by atoms with Crippen LogP contribution in [0.3, 0.4) is 0 Å². The van der Waals surface area contributed by atoms with Crippen molar-refractivity contribution in [3.05, 3.63) is 0 Å². The molecule has 3 saturated heterocycles. The molecule has 0 amide bonds. The first-order valence-electron chi connectivity index (χ1n) is 14.8. The van der Waals surface area contributed by atoms with Crippen LogP contribution in [0.5, 0.6) is 0 Å². The predicted molar refractivity (Wildman–Crippen MR) is 140 cm³/mol. The fourth-order valence-corrected chi connectivity index (χ4v) is 5.34. The summed E-state index contributed by atoms with van der Waals surface area (Å²) in [6.07, 6.45) is -11.4. The van der Waals surface area contributed by atoms with Crippen LogP contribution in [-0.4, -0.2) is 147 Å². The summed E-state index contributed by atoms with van der Waals surface area (Å²) in [6.45, 7) is 2.70. The third-order valence-electron chi connectivity index (χ3n) is 7.95. The smallest absolute Gasteiger partial charge is 0.187 e. The lowest BCUT2D eigenvalue weighted by atomic mass is 9.96. The van der Waals surface area contributed by atoms with E-state index in [9.17, 15) is 40.9 Å². The zero-order chi connectivity index (χ0) is 30.1. The lowest BCUT2D eigenvalue weighted by Crippen LogP contribution is -2.65. The number of hydrogen-bond acceptors (Lipinski definition) is 14. The zero-order valence-electron chi connectivity index (χ0n) is 23.9. The first-order chi connectivity index (χ1) is 19.6. The standard InChI is InChI=1S/C27H50O14/c1-3-4-5-6-7-8-9-10-36-27-25(41-26-23(35)22(34)19(31)14(2)37-26)24(21(33)17(13-29)39-27)40-18-11-15(30)20(32)16(12-28)38-18/h14-35H,3-13H2,1-2H3/t14-,15+,16+,17+,18+,19+,20+,21-,22+,23-,24-,25+,26-,27+/m0/s1. The summed E-state index contributed by atoms with van der Waals surface area (Å²) in [7, 11) is 0. The maximum absolute atomic E-state index is 11.1. The minimum atomic E-state index is -1.67. The molecule has 3 fully saturated rings. The van der Waals surface area contributed by atoms with Gasteiger partial charge < -0.3 is 69.3 Å². The van der Waals surface area contributed by atoms with E-state index in [2.05, 4.69) is 6.92 Å². The first kappa shape index (κ1) is 34.9. The number of unbranched alkanes of at least 4 members (excludes halogenated alkanes) is 6. The highest BCUT2D eigenvalue weighted by Gasteiger charge is 2.52. The van der Waals surface area contributed by atoms with Crippen LogP contribution in [0.25, 0.3) is 0 Å². The van der Waals surface area contributed by atoms with Crippen molar-refractivity contribution in [3.63, 3.8) is 0 Å². The minimum Gasteiger partial charge on any atom is -0.394 e. The van der Waals surface area contributed by atoms with Gasteiger partial charge in [0, 0.05) is 13.0 Å². The molecule has 0 aromatic rings. The average Bonchev–Trinajstić information content (AvgIpc) is 2.96. The quantitative estimate of drug-likeness (QED) is 0.0982. The Labute approximate surface area is 240 Å². The lowest BCUT2D eigenvalue weighted by molar-refractivity contribution is -0.383. The molecule has 3 aliphatic rings. The minimum absolute atomic E-state index is 0.202. The van der Waals surface area contributed by atoms with Gasteiger partial charge in [0.2, 0.25) is 0 Å². The summed E-state index contributed by atoms with van der Waals surface area (Å²) in [4.78, 5) is 0. The van der Waals surface area contributed by atoms with Crippen LogP contribution in [0.2, 0.25) is 0 Å². The van der Waals surface area contributed by atoms with Gasteiger partial charge >= 0.3 is 0 Å². The monoisotopic (exact) mass is 598 g/mol. The molecular weight excluding hydrogens is 548 g/mol. The fourth-order valence-electron chi connectivity index (χ4n) is 5.34. The summed E-state index contributed by atoms with van der Waals surface area (Å²) in [5, 5.41) is 81.9. The van der Waals surface area contributed by atoms with Crippen molar-refractivity contribution in [3.8, 4) is 0 Å². The molecule has 0 aromatic carbocycles. The second kappa shape index (κ2) is 17.1. The second-order valence-electron chi connectivity index (χ2n) is 11.2. The van der Waals surface area contributed by atoms with Crippen molar-refractivity contribution >= 4 is 0 Å². The van der Waals surface area contributed by atoms with Crippen LogP contribution in [0, 0.1) is 0 Å². The van der Waals surface area contributed by atoms with Gasteiger partial charge in [-0.2, -0.15) is 0 Å². The number of hydrogen-bond donors (Lipinski definition) is 8. The molecule has 8 N–H and O–H groups in total. The van der Waals surface area contributed by atoms with Crippen molar-refractivity contribution in [1.82, 2.24) is 0 Å². The Balaban J connectivity index is 1.76. The third kappa shape index (κ3) is 9.22. The van der Waals surface area contributed by atoms with E-state index in [0.717, 1.165) is 25.7 Å². The summed E-state index contributed by atoms with van der Waals surface area (Å²) in [5.41, 5.74) is 0. The fraction of sp³-hybridized carbons (Fsp3) is 1.00. The molecule has 0 spiro atoms. The van der Waals surface area contributed by atoms with E-state index in [1.807, 2.05) is 0 Å². The number of aliphatic hydroxyl groups excluding tert-OH is 8. The summed E-state index contributed by atoms with van der Waals surface area (Å²) < 4.78 is 35.0. The van der Waals surface area contributed by atoms with Crippen molar-refractivity contribution in [2.75, 3.05) is 19.8 Å². The highest BCUT2D eigenvalue weighted by atomic mass is 16.8. The van der Waals surface area contributed by atoms with Crippen molar-refractivity contribution < 1.29 is 69.3 Å². The van der Waals surface area contributed by atoms with Crippen LogP contribution >= 0.6 is 0 Å². The van der Waals surface area contributed by atoms with Crippen LogP contribution < -0.4 is 0 Å². The van der Waals surface area contributed by atoms with Gasteiger partial charge in [0.1, 0.15) is 54.9 Å². The summed E-state index contributed by atoms with van der Waals surface area (Å²) in [6, 6.07) is 0. The van der Waals surface area contributed by atoms with Crippen molar-refractivity contribution in [2.45, 2.75) is 151 Å². The van der Waals surface area contributed by atoms with E-state index in [1.165, 1.54) is 19.8 Å². The molecule has 0 aliphatic carbocycles. The maximum atomic E-state index is 11.1. The lowest BCUT2D eigenvalue weighted by Gasteiger charge is -2.48. The molecule has 14 heteroatoms. The second-order valence-corrected chi connectivity index (χ2v) is 11.2. The van der Waals surface area contributed by atoms with E-state index in [1.54, 1.807) is 0 Å². The van der Waals surface area contributed by atoms with Gasteiger partial charge in [0.15, 0.2) is 18.9 Å². The Morgan fingerprint density at radius 1 is 0.634 bits per heavy atom. The largest absolute Gasteiger partial charge is 0.394 e. The molecule has 3 heterocycles. The van der Waals surface area contributed by atoms with Gasteiger partial charge in [0.25, 0.3) is 0 Å². The number of ether oxygens (including phenoxy) is 6. The van der Waals surface area contributed by atoms with E-state index >= 15 is 0 Å². The molecule has 14 atom stereocenters. The van der Waals surface area contributed by atoms with E-state index in [0.29, 0.717) is 6.42 Å². The molecule has 3 rings (SSSR count). The molecule has 41 heavy (non-hydrogen) atoms. The average molecular weight is 599 g/mol. The Morgan fingerprint density at radius 3 is 1.93 bits per heavy atom. The third-order valence-corrected chi connectivity index (χ3v) is 7.95. The highest BCUT2D eigenvalue weighted by molar-refractivity contribution is 4.95. The van der Waals surface area contributed by atoms with Gasteiger partial charge in [-0.15, -0.1) is 0 Å². The van der Waals surface area contributed by atoms with Crippen LogP contribution in [0.1, 0.15) is 65.2 Å². The molecule has 242 valence electrons. The topological polar surface area (TPSA) is 217 Å². The maximum Gasteiger partial charge on any atom is 0.187 e. The first-order valence-corrected chi connectivity index (χ1v) is 14.8. The molecule has 3 aliphatic heterocycles. The Kier molecular flexibility index (Phi) is 14.5. The Hall–Kier alpha value is -0.560. The van der Waals surface area contributed by atoms with Gasteiger partial charge in [-0.25, -0.2) is 0 Å².